The smallest absolute Gasteiger partial charge is 0.387 e. The lowest BCUT2D eigenvalue weighted by Crippen LogP contribution is -2.05. The molecule has 0 aromatic heterocycles. The van der Waals surface area contributed by atoms with Gasteiger partial charge in [-0.15, -0.1) is 11.6 Å². The first-order chi connectivity index (χ1) is 6.54. The van der Waals surface area contributed by atoms with Gasteiger partial charge in [0.15, 0.2) is 0 Å². The fraction of sp³-hybridized carbons (Fsp3) is 0.400. The SMILES string of the molecule is Cc1cc(CCl)cc(C)c1OC(F)F. The second kappa shape index (κ2) is 4.60. The van der Waals surface area contributed by atoms with Crippen LogP contribution in [0.3, 0.4) is 0 Å². The van der Waals surface area contributed by atoms with E-state index in [2.05, 4.69) is 4.74 Å². The average molecular weight is 221 g/mol. The first kappa shape index (κ1) is 11.2. The first-order valence-corrected chi connectivity index (χ1v) is 4.69. The zero-order valence-corrected chi connectivity index (χ0v) is 8.74. The van der Waals surface area contributed by atoms with Crippen molar-refractivity contribution in [1.29, 1.82) is 0 Å². The van der Waals surface area contributed by atoms with E-state index in [0.717, 1.165) is 5.56 Å². The third-order valence-electron chi connectivity index (χ3n) is 1.88. The molecule has 1 aromatic rings. The number of ether oxygens (including phenoxy) is 1. The van der Waals surface area contributed by atoms with Gasteiger partial charge in [-0.2, -0.15) is 8.78 Å². The van der Waals surface area contributed by atoms with Gasteiger partial charge >= 0.3 is 6.61 Å². The first-order valence-electron chi connectivity index (χ1n) is 4.15. The Bertz CT molecular complexity index is 303. The van der Waals surface area contributed by atoms with Crippen LogP contribution in [-0.2, 0) is 5.88 Å². The van der Waals surface area contributed by atoms with Gasteiger partial charge in [-0.3, -0.25) is 0 Å². The van der Waals surface area contributed by atoms with Gasteiger partial charge in [-0.05, 0) is 30.5 Å². The van der Waals surface area contributed by atoms with Crippen molar-refractivity contribution in [2.24, 2.45) is 0 Å². The van der Waals surface area contributed by atoms with Crippen molar-refractivity contribution in [2.45, 2.75) is 26.3 Å². The fourth-order valence-corrected chi connectivity index (χ4v) is 1.55. The molecule has 0 atom stereocenters. The molecule has 0 aliphatic carbocycles. The maximum atomic E-state index is 12.0. The molecule has 78 valence electrons. The summed E-state index contributed by atoms with van der Waals surface area (Å²) in [6, 6.07) is 3.50. The standard InChI is InChI=1S/C10H11ClF2O/c1-6-3-8(5-11)4-7(2)9(6)14-10(12)13/h3-4,10H,5H2,1-2H3. The Labute approximate surface area is 86.6 Å². The Hall–Kier alpha value is -0.830. The van der Waals surface area contributed by atoms with Crippen LogP contribution < -0.4 is 4.74 Å². The maximum Gasteiger partial charge on any atom is 0.387 e. The van der Waals surface area contributed by atoms with Gasteiger partial charge in [-0.25, -0.2) is 0 Å². The minimum atomic E-state index is -2.78. The van der Waals surface area contributed by atoms with Gasteiger partial charge in [0.1, 0.15) is 5.75 Å². The van der Waals surface area contributed by atoms with Crippen LogP contribution in [0.4, 0.5) is 8.78 Å². The van der Waals surface area contributed by atoms with Crippen LogP contribution in [0, 0.1) is 13.8 Å². The molecule has 1 nitrogen and oxygen atoms in total. The molecule has 0 unspecified atom stereocenters. The monoisotopic (exact) mass is 220 g/mol. The van der Waals surface area contributed by atoms with Crippen molar-refractivity contribution in [2.75, 3.05) is 0 Å². The molecule has 1 rings (SSSR count). The second-order valence-corrected chi connectivity index (χ2v) is 3.34. The maximum absolute atomic E-state index is 12.0. The summed E-state index contributed by atoms with van der Waals surface area (Å²) < 4.78 is 28.4. The fourth-order valence-electron chi connectivity index (χ4n) is 1.39. The number of hydrogen-bond donors (Lipinski definition) is 0. The largest absolute Gasteiger partial charge is 0.434 e. The molecule has 0 amide bonds. The van der Waals surface area contributed by atoms with Crippen LogP contribution in [0.25, 0.3) is 0 Å². The molecule has 0 aliphatic rings. The van der Waals surface area contributed by atoms with Crippen LogP contribution in [-0.4, -0.2) is 6.61 Å². The summed E-state index contributed by atoms with van der Waals surface area (Å²) in [5.41, 5.74) is 2.27. The van der Waals surface area contributed by atoms with Crippen LogP contribution >= 0.6 is 11.6 Å². The third kappa shape index (κ3) is 2.58. The van der Waals surface area contributed by atoms with E-state index in [1.165, 1.54) is 0 Å². The molecule has 4 heteroatoms. The predicted molar refractivity (Wildman–Crippen MR) is 52.1 cm³/mol. The minimum absolute atomic E-state index is 0.244. The third-order valence-corrected chi connectivity index (χ3v) is 2.19. The number of benzene rings is 1. The summed E-state index contributed by atoms with van der Waals surface area (Å²) in [5, 5.41) is 0. The number of hydrogen-bond acceptors (Lipinski definition) is 1. The summed E-state index contributed by atoms with van der Waals surface area (Å²) in [5.74, 6) is 0.616. The molecule has 0 fully saturated rings. The highest BCUT2D eigenvalue weighted by Crippen LogP contribution is 2.26. The van der Waals surface area contributed by atoms with Crippen LogP contribution in [0.15, 0.2) is 12.1 Å². The predicted octanol–water partition coefficient (Wildman–Crippen LogP) is 3.64. The molecular formula is C10H11ClF2O. The molecule has 0 spiro atoms. The number of aryl methyl sites for hydroxylation is 2. The molecule has 0 radical (unpaired) electrons. The van der Waals surface area contributed by atoms with E-state index < -0.39 is 6.61 Å². The lowest BCUT2D eigenvalue weighted by molar-refractivity contribution is -0.0507. The van der Waals surface area contributed by atoms with E-state index in [4.69, 9.17) is 11.6 Å². The topological polar surface area (TPSA) is 9.23 Å². The minimum Gasteiger partial charge on any atom is -0.434 e. The van der Waals surface area contributed by atoms with E-state index in [9.17, 15) is 8.78 Å². The van der Waals surface area contributed by atoms with Crippen molar-refractivity contribution < 1.29 is 13.5 Å². The molecule has 0 saturated carbocycles. The van der Waals surface area contributed by atoms with E-state index in [0.29, 0.717) is 17.0 Å². The molecule has 0 saturated heterocycles. The Morgan fingerprint density at radius 3 is 2.14 bits per heavy atom. The quantitative estimate of drug-likeness (QED) is 0.707. The summed E-state index contributed by atoms with van der Waals surface area (Å²) in [6.45, 7) is 0.663. The van der Waals surface area contributed by atoms with E-state index >= 15 is 0 Å². The van der Waals surface area contributed by atoms with Crippen molar-refractivity contribution in [3.05, 3.63) is 28.8 Å². The second-order valence-electron chi connectivity index (χ2n) is 3.07. The Kier molecular flexibility index (Phi) is 3.69. The lowest BCUT2D eigenvalue weighted by atomic mass is 10.1. The highest BCUT2D eigenvalue weighted by Gasteiger charge is 2.10. The zero-order chi connectivity index (χ0) is 10.7. The van der Waals surface area contributed by atoms with Gasteiger partial charge in [0.2, 0.25) is 0 Å². The molecule has 0 bridgehead atoms. The molecule has 1 aromatic carbocycles. The van der Waals surface area contributed by atoms with Crippen LogP contribution in [0.1, 0.15) is 16.7 Å². The highest BCUT2D eigenvalue weighted by molar-refractivity contribution is 6.17. The van der Waals surface area contributed by atoms with Crippen LogP contribution in [0.5, 0.6) is 5.75 Å². The summed E-state index contributed by atoms with van der Waals surface area (Å²) in [6.07, 6.45) is 0. The molecule has 0 N–H and O–H groups in total. The summed E-state index contributed by atoms with van der Waals surface area (Å²) >= 11 is 5.64. The van der Waals surface area contributed by atoms with Crippen molar-refractivity contribution in [3.63, 3.8) is 0 Å². The Morgan fingerprint density at radius 1 is 1.29 bits per heavy atom. The van der Waals surface area contributed by atoms with Crippen molar-refractivity contribution >= 4 is 11.6 Å². The number of alkyl halides is 3. The van der Waals surface area contributed by atoms with Gasteiger partial charge in [0, 0.05) is 5.88 Å². The summed E-state index contributed by atoms with van der Waals surface area (Å²) in [4.78, 5) is 0. The lowest BCUT2D eigenvalue weighted by Gasteiger charge is -2.12. The van der Waals surface area contributed by atoms with E-state index in [-0.39, 0.29) is 5.75 Å². The number of rotatable bonds is 3. The van der Waals surface area contributed by atoms with Gasteiger partial charge < -0.3 is 4.74 Å². The Morgan fingerprint density at radius 2 is 1.79 bits per heavy atom. The molecule has 0 aliphatic heterocycles. The normalized spacial score (nSPS) is 10.7. The zero-order valence-electron chi connectivity index (χ0n) is 7.98. The Balaban J connectivity index is 3.05. The van der Waals surface area contributed by atoms with E-state index in [1.807, 2.05) is 0 Å². The highest BCUT2D eigenvalue weighted by atomic mass is 35.5. The number of halogens is 3. The molecule has 14 heavy (non-hydrogen) atoms. The summed E-state index contributed by atoms with van der Waals surface area (Å²) in [7, 11) is 0. The van der Waals surface area contributed by atoms with Gasteiger partial charge in [0.25, 0.3) is 0 Å². The van der Waals surface area contributed by atoms with Crippen molar-refractivity contribution in [3.8, 4) is 5.75 Å². The van der Waals surface area contributed by atoms with E-state index in [1.54, 1.807) is 26.0 Å². The van der Waals surface area contributed by atoms with Gasteiger partial charge in [-0.1, -0.05) is 12.1 Å². The van der Waals surface area contributed by atoms with Crippen molar-refractivity contribution in [1.82, 2.24) is 0 Å². The van der Waals surface area contributed by atoms with Gasteiger partial charge in [0.05, 0.1) is 0 Å². The average Bonchev–Trinajstić information content (AvgIpc) is 2.10. The molecular weight excluding hydrogens is 210 g/mol. The molecule has 0 heterocycles. The van der Waals surface area contributed by atoms with Crippen LogP contribution in [0.2, 0.25) is 0 Å².